The van der Waals surface area contributed by atoms with E-state index in [-0.39, 0.29) is 11.1 Å². The third-order valence-corrected chi connectivity index (χ3v) is 6.29. The molecule has 1 unspecified atom stereocenters. The fraction of sp³-hybridized carbons (Fsp3) is 1.00. The molecule has 0 radical (unpaired) electrons. The van der Waals surface area contributed by atoms with Gasteiger partial charge in [0.1, 0.15) is 0 Å². The lowest BCUT2D eigenvalue weighted by Crippen LogP contribution is -2.65. The highest BCUT2D eigenvalue weighted by atomic mass is 28.4. The predicted molar refractivity (Wildman–Crippen MR) is 60.8 cm³/mol. The van der Waals surface area contributed by atoms with Gasteiger partial charge in [0.15, 0.2) is 5.67 Å². The zero-order chi connectivity index (χ0) is 11.4. The minimum absolute atomic E-state index is 0. The van der Waals surface area contributed by atoms with Crippen LogP contribution in [0.1, 0.15) is 13.3 Å². The summed E-state index contributed by atoms with van der Waals surface area (Å²) in [6, 6.07) is 0. The van der Waals surface area contributed by atoms with Crippen LogP contribution in [0.4, 0.5) is 0 Å². The van der Waals surface area contributed by atoms with Crippen molar-refractivity contribution in [1.82, 2.24) is 0 Å². The van der Waals surface area contributed by atoms with Gasteiger partial charge in [-0.3, -0.25) is 0 Å². The van der Waals surface area contributed by atoms with E-state index in [2.05, 4.69) is 28.1 Å². The Balaban J connectivity index is 0. The zero-order valence-electron chi connectivity index (χ0n) is 10.9. The summed E-state index contributed by atoms with van der Waals surface area (Å²) in [5, 5.41) is 0. The van der Waals surface area contributed by atoms with Crippen LogP contribution in [0.5, 0.6) is 0 Å². The van der Waals surface area contributed by atoms with E-state index in [1.165, 1.54) is 0 Å². The van der Waals surface area contributed by atoms with Crippen molar-refractivity contribution in [3.05, 3.63) is 0 Å². The molecule has 1 N–H and O–H groups in total. The van der Waals surface area contributed by atoms with Crippen molar-refractivity contribution >= 4 is 8.80 Å². The maximum Gasteiger partial charge on any atom is 0.561 e. The maximum absolute atomic E-state index is 5.49. The standard InChI is InChI=1S/C9H24NO3Si.H2O/c1-8-9(10(2,3)4)14(11-5,12-6)13-7;/h9H,8H2,1-7H3;1H2/q+1;/p-1. The van der Waals surface area contributed by atoms with Crippen LogP contribution in [0.2, 0.25) is 0 Å². The largest absolute Gasteiger partial charge is 0.870 e. The molecule has 0 rings (SSSR count). The number of rotatable bonds is 6. The normalized spacial score (nSPS) is 14.6. The molecule has 94 valence electrons. The molecule has 0 aromatic rings. The Morgan fingerprint density at radius 1 is 1.00 bits per heavy atom. The summed E-state index contributed by atoms with van der Waals surface area (Å²) in [6.07, 6.45) is 0.977. The second kappa shape index (κ2) is 6.57. The molecule has 0 heterocycles. The van der Waals surface area contributed by atoms with Gasteiger partial charge in [-0.15, -0.1) is 0 Å². The van der Waals surface area contributed by atoms with E-state index in [1.54, 1.807) is 21.3 Å². The van der Waals surface area contributed by atoms with Crippen LogP contribution in [0, 0.1) is 0 Å². The average molecular weight is 239 g/mol. The first-order valence-corrected chi connectivity index (χ1v) is 6.64. The van der Waals surface area contributed by atoms with Gasteiger partial charge in [0.2, 0.25) is 0 Å². The minimum atomic E-state index is -2.51. The molecule has 6 heteroatoms. The highest BCUT2D eigenvalue weighted by Crippen LogP contribution is 2.22. The molecule has 0 bridgehead atoms. The van der Waals surface area contributed by atoms with Gasteiger partial charge in [0, 0.05) is 27.8 Å². The molecule has 0 aliphatic heterocycles. The van der Waals surface area contributed by atoms with Crippen molar-refractivity contribution < 1.29 is 23.2 Å². The van der Waals surface area contributed by atoms with Crippen LogP contribution in [-0.2, 0) is 13.3 Å². The Morgan fingerprint density at radius 3 is 1.40 bits per heavy atom. The van der Waals surface area contributed by atoms with Gasteiger partial charge in [-0.2, -0.15) is 0 Å². The summed E-state index contributed by atoms with van der Waals surface area (Å²) in [5.74, 6) is 0. The second-order valence-corrected chi connectivity index (χ2v) is 7.35. The molecule has 15 heavy (non-hydrogen) atoms. The average Bonchev–Trinajstić information content (AvgIpc) is 2.12. The van der Waals surface area contributed by atoms with Gasteiger partial charge >= 0.3 is 8.80 Å². The summed E-state index contributed by atoms with van der Waals surface area (Å²) in [7, 11) is 8.88. The number of hydrogen-bond donors (Lipinski definition) is 0. The molecule has 0 amide bonds. The third kappa shape index (κ3) is 3.82. The Kier molecular flexibility index (Phi) is 7.62. The van der Waals surface area contributed by atoms with Crippen molar-refractivity contribution in [2.75, 3.05) is 42.5 Å². The summed E-state index contributed by atoms with van der Waals surface area (Å²) >= 11 is 0. The van der Waals surface area contributed by atoms with Gasteiger partial charge in [-0.25, -0.2) is 0 Å². The van der Waals surface area contributed by atoms with Crippen LogP contribution >= 0.6 is 0 Å². The van der Waals surface area contributed by atoms with E-state index in [1.807, 2.05) is 0 Å². The van der Waals surface area contributed by atoms with E-state index < -0.39 is 8.80 Å². The summed E-state index contributed by atoms with van der Waals surface area (Å²) in [6.45, 7) is 2.13. The Morgan fingerprint density at radius 2 is 1.33 bits per heavy atom. The summed E-state index contributed by atoms with van der Waals surface area (Å²) in [5.41, 5.74) is 0.266. The monoisotopic (exact) mass is 239 g/mol. The van der Waals surface area contributed by atoms with E-state index in [9.17, 15) is 0 Å². The second-order valence-electron chi connectivity index (χ2n) is 4.26. The first-order chi connectivity index (χ1) is 6.37. The predicted octanol–water partition coefficient (Wildman–Crippen LogP) is 0.712. The molecular formula is C9H25NO4Si. The molecule has 0 saturated heterocycles. The SMILES string of the molecule is CCC([N+](C)(C)C)[Si](OC)(OC)OC.[OH-]. The minimum Gasteiger partial charge on any atom is -0.870 e. The lowest BCUT2D eigenvalue weighted by molar-refractivity contribution is -0.887. The van der Waals surface area contributed by atoms with E-state index in [0.717, 1.165) is 10.9 Å². The number of hydrogen-bond acceptors (Lipinski definition) is 4. The lowest BCUT2D eigenvalue weighted by atomic mass is 10.4. The molecular weight excluding hydrogens is 214 g/mol. The van der Waals surface area contributed by atoms with Gasteiger partial charge in [0.05, 0.1) is 21.1 Å². The van der Waals surface area contributed by atoms with Crippen molar-refractivity contribution in [2.45, 2.75) is 19.0 Å². The van der Waals surface area contributed by atoms with Crippen molar-refractivity contribution in [3.63, 3.8) is 0 Å². The van der Waals surface area contributed by atoms with Crippen LogP contribution in [0.15, 0.2) is 0 Å². The zero-order valence-corrected chi connectivity index (χ0v) is 11.9. The van der Waals surface area contributed by atoms with Crippen molar-refractivity contribution in [1.29, 1.82) is 0 Å². The first-order valence-electron chi connectivity index (χ1n) is 4.84. The van der Waals surface area contributed by atoms with E-state index in [4.69, 9.17) is 13.3 Å². The molecule has 0 saturated carbocycles. The van der Waals surface area contributed by atoms with E-state index >= 15 is 0 Å². The third-order valence-electron chi connectivity index (χ3n) is 2.58. The Bertz CT molecular complexity index is 160. The Hall–Kier alpha value is 0.0169. The topological polar surface area (TPSA) is 57.7 Å². The number of nitrogens with zero attached hydrogens (tertiary/aromatic N) is 1. The summed E-state index contributed by atoms with van der Waals surface area (Å²) in [4.78, 5) is 0. The van der Waals surface area contributed by atoms with Gasteiger partial charge in [0.25, 0.3) is 0 Å². The van der Waals surface area contributed by atoms with Crippen LogP contribution in [-0.4, -0.2) is 66.9 Å². The molecule has 5 nitrogen and oxygen atoms in total. The van der Waals surface area contributed by atoms with Crippen molar-refractivity contribution in [3.8, 4) is 0 Å². The van der Waals surface area contributed by atoms with E-state index in [0.29, 0.717) is 0 Å². The molecule has 0 aromatic carbocycles. The number of quaternary nitrogens is 1. The smallest absolute Gasteiger partial charge is 0.561 e. The van der Waals surface area contributed by atoms with Crippen molar-refractivity contribution in [2.24, 2.45) is 0 Å². The summed E-state index contributed by atoms with van der Waals surface area (Å²) < 4.78 is 17.3. The highest BCUT2D eigenvalue weighted by molar-refractivity contribution is 6.62. The molecule has 0 aromatic heterocycles. The van der Waals surface area contributed by atoms with Gasteiger partial charge < -0.3 is 23.2 Å². The van der Waals surface area contributed by atoms with Gasteiger partial charge in [-0.05, 0) is 0 Å². The Labute approximate surface area is 94.2 Å². The highest BCUT2D eigenvalue weighted by Gasteiger charge is 2.54. The van der Waals surface area contributed by atoms with Crippen LogP contribution < -0.4 is 0 Å². The fourth-order valence-corrected chi connectivity index (χ4v) is 4.70. The molecule has 0 fully saturated rings. The van der Waals surface area contributed by atoms with Crippen LogP contribution in [0.25, 0.3) is 0 Å². The van der Waals surface area contributed by atoms with Gasteiger partial charge in [-0.1, -0.05) is 6.92 Å². The first kappa shape index (κ1) is 17.4. The maximum atomic E-state index is 5.49. The molecule has 0 aliphatic rings. The van der Waals surface area contributed by atoms with Crippen LogP contribution in [0.3, 0.4) is 0 Å². The molecule has 1 atom stereocenters. The molecule has 0 aliphatic carbocycles. The molecule has 0 spiro atoms. The lowest BCUT2D eigenvalue weighted by Gasteiger charge is -2.40. The quantitative estimate of drug-likeness (QED) is 0.506. The fourth-order valence-electron chi connectivity index (χ4n) is 1.93.